The Hall–Kier alpha value is -1.42. The Kier molecular flexibility index (Phi) is 2.59. The zero-order chi connectivity index (χ0) is 11.8. The van der Waals surface area contributed by atoms with E-state index < -0.39 is 0 Å². The van der Waals surface area contributed by atoms with Crippen LogP contribution >= 0.6 is 0 Å². The summed E-state index contributed by atoms with van der Waals surface area (Å²) in [6.07, 6.45) is 7.39. The largest absolute Gasteiger partial charge is 0.331 e. The van der Waals surface area contributed by atoms with Gasteiger partial charge >= 0.3 is 0 Å². The van der Waals surface area contributed by atoms with Crippen molar-refractivity contribution in [3.05, 3.63) is 24.3 Å². The molecule has 0 bridgehead atoms. The number of aryl methyl sites for hydroxylation is 1. The van der Waals surface area contributed by atoms with Crippen molar-refractivity contribution in [1.82, 2.24) is 14.5 Å². The molecule has 1 aliphatic rings. The van der Waals surface area contributed by atoms with Crippen LogP contribution in [0, 0.1) is 5.92 Å². The number of pyridine rings is 1. The molecule has 4 heteroatoms. The van der Waals surface area contributed by atoms with Gasteiger partial charge in [-0.1, -0.05) is 6.42 Å². The second-order valence-electron chi connectivity index (χ2n) is 4.93. The lowest BCUT2D eigenvalue weighted by Crippen LogP contribution is -2.19. The minimum absolute atomic E-state index is 0.525. The molecule has 0 aliphatic heterocycles. The highest BCUT2D eigenvalue weighted by atomic mass is 15.1. The van der Waals surface area contributed by atoms with Crippen molar-refractivity contribution in [3.63, 3.8) is 0 Å². The molecule has 0 saturated heterocycles. The Morgan fingerprint density at radius 1 is 1.47 bits per heavy atom. The van der Waals surface area contributed by atoms with Gasteiger partial charge in [-0.05, 0) is 31.4 Å². The van der Waals surface area contributed by atoms with E-state index in [2.05, 4.69) is 16.6 Å². The van der Waals surface area contributed by atoms with Crippen LogP contribution < -0.4 is 5.73 Å². The van der Waals surface area contributed by atoms with Crippen LogP contribution in [0.2, 0.25) is 0 Å². The van der Waals surface area contributed by atoms with Crippen LogP contribution in [0.3, 0.4) is 0 Å². The third-order valence-electron chi connectivity index (χ3n) is 4.01. The lowest BCUT2D eigenvalue weighted by molar-refractivity contribution is 0.469. The van der Waals surface area contributed by atoms with Crippen molar-refractivity contribution in [2.24, 2.45) is 18.7 Å². The van der Waals surface area contributed by atoms with Crippen molar-refractivity contribution in [2.75, 3.05) is 6.54 Å². The Labute approximate surface area is 101 Å². The van der Waals surface area contributed by atoms with Crippen LogP contribution in [-0.4, -0.2) is 21.1 Å². The summed E-state index contributed by atoms with van der Waals surface area (Å²) in [6.45, 7) is 0.770. The van der Waals surface area contributed by atoms with E-state index in [1.807, 2.05) is 18.5 Å². The average molecular weight is 230 g/mol. The smallest absolute Gasteiger partial charge is 0.113 e. The second-order valence-corrected chi connectivity index (χ2v) is 4.93. The van der Waals surface area contributed by atoms with Crippen LogP contribution in [0.15, 0.2) is 18.5 Å². The summed E-state index contributed by atoms with van der Waals surface area (Å²) < 4.78 is 2.20. The van der Waals surface area contributed by atoms with Crippen molar-refractivity contribution in [2.45, 2.75) is 25.2 Å². The fourth-order valence-corrected chi connectivity index (χ4v) is 3.06. The molecule has 2 N–H and O–H groups in total. The average Bonchev–Trinajstić information content (AvgIpc) is 2.94. The molecule has 1 fully saturated rings. The van der Waals surface area contributed by atoms with Gasteiger partial charge in [0.25, 0.3) is 0 Å². The van der Waals surface area contributed by atoms with Gasteiger partial charge in [0.1, 0.15) is 11.3 Å². The number of aromatic nitrogens is 3. The van der Waals surface area contributed by atoms with E-state index in [1.54, 1.807) is 0 Å². The molecule has 2 aromatic rings. The Balaban J connectivity index is 2.08. The first-order valence-corrected chi connectivity index (χ1v) is 6.27. The first kappa shape index (κ1) is 10.7. The predicted octanol–water partition coefficient (Wildman–Crippen LogP) is 1.81. The highest BCUT2D eigenvalue weighted by Gasteiger charge is 2.30. The van der Waals surface area contributed by atoms with Gasteiger partial charge in [-0.3, -0.25) is 4.98 Å². The van der Waals surface area contributed by atoms with Gasteiger partial charge in [0.05, 0.1) is 11.7 Å². The maximum absolute atomic E-state index is 5.86. The molecular formula is C13H18N4. The third-order valence-corrected chi connectivity index (χ3v) is 4.01. The van der Waals surface area contributed by atoms with Crippen molar-refractivity contribution >= 4 is 11.0 Å². The number of nitrogens with zero attached hydrogens (tertiary/aromatic N) is 3. The van der Waals surface area contributed by atoms with Gasteiger partial charge in [0.2, 0.25) is 0 Å². The quantitative estimate of drug-likeness (QED) is 0.856. The number of rotatable bonds is 2. The zero-order valence-electron chi connectivity index (χ0n) is 10.1. The standard InChI is InChI=1S/C13H18N4/c1-17-12-5-6-15-8-11(12)16-13(17)10-4-2-3-9(10)7-14/h5-6,8-10H,2-4,7,14H2,1H3. The maximum Gasteiger partial charge on any atom is 0.113 e. The maximum atomic E-state index is 5.86. The molecule has 3 rings (SSSR count). The molecule has 2 heterocycles. The lowest BCUT2D eigenvalue weighted by atomic mass is 9.95. The van der Waals surface area contributed by atoms with Crippen LogP contribution in [0.4, 0.5) is 0 Å². The zero-order valence-corrected chi connectivity index (χ0v) is 10.1. The van der Waals surface area contributed by atoms with Crippen molar-refractivity contribution in [3.8, 4) is 0 Å². The van der Waals surface area contributed by atoms with Crippen LogP contribution in [0.25, 0.3) is 11.0 Å². The normalized spacial score (nSPS) is 24.6. The molecule has 0 aromatic carbocycles. The molecule has 2 unspecified atom stereocenters. The van der Waals surface area contributed by atoms with E-state index >= 15 is 0 Å². The molecule has 1 saturated carbocycles. The van der Waals surface area contributed by atoms with Gasteiger partial charge in [0.15, 0.2) is 0 Å². The summed E-state index contributed by atoms with van der Waals surface area (Å²) in [6, 6.07) is 2.03. The Bertz CT molecular complexity index is 531. The summed E-state index contributed by atoms with van der Waals surface area (Å²) in [5.74, 6) is 2.30. The lowest BCUT2D eigenvalue weighted by Gasteiger charge is -2.17. The van der Waals surface area contributed by atoms with E-state index in [0.717, 1.165) is 17.6 Å². The van der Waals surface area contributed by atoms with Crippen molar-refractivity contribution in [1.29, 1.82) is 0 Å². The number of fused-ring (bicyclic) bond motifs is 1. The molecule has 17 heavy (non-hydrogen) atoms. The minimum atomic E-state index is 0.525. The first-order valence-electron chi connectivity index (χ1n) is 6.27. The monoisotopic (exact) mass is 230 g/mol. The SMILES string of the molecule is Cn1c(C2CCCC2CN)nc2cnccc21. The first-order chi connectivity index (χ1) is 8.31. The van der Waals surface area contributed by atoms with Crippen LogP contribution in [0.5, 0.6) is 0 Å². The number of nitrogens with two attached hydrogens (primary N) is 1. The van der Waals surface area contributed by atoms with E-state index in [-0.39, 0.29) is 0 Å². The van der Waals surface area contributed by atoms with E-state index in [0.29, 0.717) is 11.8 Å². The number of hydrogen-bond acceptors (Lipinski definition) is 3. The molecule has 90 valence electrons. The van der Waals surface area contributed by atoms with Gasteiger partial charge in [-0.25, -0.2) is 4.98 Å². The van der Waals surface area contributed by atoms with Gasteiger partial charge in [-0.15, -0.1) is 0 Å². The van der Waals surface area contributed by atoms with Gasteiger partial charge < -0.3 is 10.3 Å². The number of hydrogen-bond donors (Lipinski definition) is 1. The summed E-state index contributed by atoms with van der Waals surface area (Å²) in [5, 5.41) is 0. The van der Waals surface area contributed by atoms with E-state index in [1.165, 1.54) is 25.1 Å². The highest BCUT2D eigenvalue weighted by Crippen LogP contribution is 2.39. The Morgan fingerprint density at radius 2 is 2.35 bits per heavy atom. The second kappa shape index (κ2) is 4.11. The van der Waals surface area contributed by atoms with E-state index in [4.69, 9.17) is 10.7 Å². The summed E-state index contributed by atoms with van der Waals surface area (Å²) in [7, 11) is 2.09. The highest BCUT2D eigenvalue weighted by molar-refractivity contribution is 5.74. The topological polar surface area (TPSA) is 56.7 Å². The van der Waals surface area contributed by atoms with Crippen LogP contribution in [0.1, 0.15) is 31.0 Å². The molecule has 0 amide bonds. The third kappa shape index (κ3) is 1.63. The fourth-order valence-electron chi connectivity index (χ4n) is 3.06. The van der Waals surface area contributed by atoms with Gasteiger partial charge in [-0.2, -0.15) is 0 Å². The number of imidazole rings is 1. The molecular weight excluding hydrogens is 212 g/mol. The summed E-state index contributed by atoms with van der Waals surface area (Å²) in [5.41, 5.74) is 8.01. The van der Waals surface area contributed by atoms with Gasteiger partial charge in [0, 0.05) is 19.2 Å². The van der Waals surface area contributed by atoms with Crippen LogP contribution in [-0.2, 0) is 7.05 Å². The minimum Gasteiger partial charge on any atom is -0.331 e. The summed E-state index contributed by atoms with van der Waals surface area (Å²) in [4.78, 5) is 8.87. The predicted molar refractivity (Wildman–Crippen MR) is 67.6 cm³/mol. The molecule has 0 spiro atoms. The Morgan fingerprint density at radius 3 is 3.12 bits per heavy atom. The molecule has 0 radical (unpaired) electrons. The molecule has 2 aromatic heterocycles. The summed E-state index contributed by atoms with van der Waals surface area (Å²) >= 11 is 0. The van der Waals surface area contributed by atoms with E-state index in [9.17, 15) is 0 Å². The molecule has 2 atom stereocenters. The van der Waals surface area contributed by atoms with Crippen molar-refractivity contribution < 1.29 is 0 Å². The fraction of sp³-hybridized carbons (Fsp3) is 0.538. The molecule has 1 aliphatic carbocycles. The molecule has 4 nitrogen and oxygen atoms in total.